The van der Waals surface area contributed by atoms with Crippen molar-refractivity contribution in [2.24, 2.45) is 5.92 Å². The van der Waals surface area contributed by atoms with Gasteiger partial charge in [-0.05, 0) is 50.0 Å². The van der Waals surface area contributed by atoms with Gasteiger partial charge < -0.3 is 5.11 Å². The van der Waals surface area contributed by atoms with Gasteiger partial charge >= 0.3 is 5.97 Å². The predicted molar refractivity (Wildman–Crippen MR) is 76.1 cm³/mol. The first-order chi connectivity index (χ1) is 8.74. The Labute approximate surface area is 114 Å². The number of rotatable bonds is 5. The van der Waals surface area contributed by atoms with E-state index in [4.69, 9.17) is 0 Å². The number of aliphatic carboxylic acids is 1. The molecule has 4 heteroatoms. The van der Waals surface area contributed by atoms with Crippen molar-refractivity contribution in [3.63, 3.8) is 0 Å². The maximum Gasteiger partial charge on any atom is 0.320 e. The number of thioether (sulfide) groups is 1. The van der Waals surface area contributed by atoms with E-state index in [1.54, 1.807) is 0 Å². The number of carboxylic acids is 1. The molecule has 1 saturated heterocycles. The van der Waals surface area contributed by atoms with Crippen LogP contribution in [0.5, 0.6) is 0 Å². The Balaban J connectivity index is 2.01. The van der Waals surface area contributed by atoms with E-state index in [2.05, 4.69) is 11.2 Å². The van der Waals surface area contributed by atoms with Gasteiger partial charge in [0.25, 0.3) is 0 Å². The van der Waals surface area contributed by atoms with Crippen LogP contribution in [0.15, 0.2) is 0 Å². The number of fused-ring (bicyclic) bond motifs is 1. The summed E-state index contributed by atoms with van der Waals surface area (Å²) in [7, 11) is 0. The largest absolute Gasteiger partial charge is 0.480 e. The van der Waals surface area contributed by atoms with Crippen LogP contribution in [-0.2, 0) is 4.79 Å². The minimum absolute atomic E-state index is 0.216. The zero-order valence-corrected chi connectivity index (χ0v) is 12.1. The number of piperidine rings is 1. The maximum atomic E-state index is 11.4. The lowest BCUT2D eigenvalue weighted by molar-refractivity contribution is -0.148. The van der Waals surface area contributed by atoms with Gasteiger partial charge in [0.05, 0.1) is 0 Å². The van der Waals surface area contributed by atoms with Crippen LogP contribution in [0, 0.1) is 5.92 Å². The van der Waals surface area contributed by atoms with Crippen LogP contribution in [0.3, 0.4) is 0 Å². The van der Waals surface area contributed by atoms with Gasteiger partial charge in [0.2, 0.25) is 0 Å². The molecule has 0 spiro atoms. The lowest BCUT2D eigenvalue weighted by Gasteiger charge is -2.47. The first-order valence-electron chi connectivity index (χ1n) is 7.21. The fraction of sp³-hybridized carbons (Fsp3) is 0.929. The van der Waals surface area contributed by atoms with Crippen LogP contribution in [0.25, 0.3) is 0 Å². The van der Waals surface area contributed by atoms with E-state index < -0.39 is 5.97 Å². The molecule has 1 saturated carbocycles. The number of nitrogens with zero attached hydrogens (tertiary/aromatic N) is 1. The van der Waals surface area contributed by atoms with Crippen LogP contribution < -0.4 is 0 Å². The zero-order chi connectivity index (χ0) is 13.0. The smallest absolute Gasteiger partial charge is 0.320 e. The molecule has 3 unspecified atom stereocenters. The molecule has 0 amide bonds. The van der Waals surface area contributed by atoms with Gasteiger partial charge in [-0.25, -0.2) is 0 Å². The number of hydrogen-bond acceptors (Lipinski definition) is 3. The van der Waals surface area contributed by atoms with Crippen molar-refractivity contribution in [3.8, 4) is 0 Å². The molecule has 104 valence electrons. The lowest BCUT2D eigenvalue weighted by Crippen LogP contribution is -2.55. The second-order valence-electron chi connectivity index (χ2n) is 5.63. The average Bonchev–Trinajstić information content (AvgIpc) is 2.38. The molecule has 0 aromatic rings. The van der Waals surface area contributed by atoms with E-state index in [0.717, 1.165) is 37.5 Å². The molecule has 0 aromatic carbocycles. The van der Waals surface area contributed by atoms with Crippen molar-refractivity contribution in [1.82, 2.24) is 4.90 Å². The molecule has 2 aliphatic rings. The molecule has 0 aromatic heterocycles. The summed E-state index contributed by atoms with van der Waals surface area (Å²) in [5.41, 5.74) is 0. The minimum Gasteiger partial charge on any atom is -0.480 e. The summed E-state index contributed by atoms with van der Waals surface area (Å²) in [5, 5.41) is 9.41. The molecule has 1 aliphatic heterocycles. The first-order valence-corrected chi connectivity index (χ1v) is 8.61. The van der Waals surface area contributed by atoms with Gasteiger partial charge in [0.15, 0.2) is 0 Å². The minimum atomic E-state index is -0.608. The van der Waals surface area contributed by atoms with Crippen molar-refractivity contribution in [3.05, 3.63) is 0 Å². The molecule has 2 fully saturated rings. The third-order valence-corrected chi connectivity index (χ3v) is 5.25. The molecular weight excluding hydrogens is 246 g/mol. The van der Waals surface area contributed by atoms with Gasteiger partial charge in [-0.2, -0.15) is 11.8 Å². The van der Waals surface area contributed by atoms with Gasteiger partial charge in [0, 0.05) is 12.6 Å². The van der Waals surface area contributed by atoms with Crippen LogP contribution in [0.2, 0.25) is 0 Å². The molecule has 1 heterocycles. The second kappa shape index (κ2) is 6.80. The lowest BCUT2D eigenvalue weighted by atomic mass is 9.76. The summed E-state index contributed by atoms with van der Waals surface area (Å²) < 4.78 is 0. The molecule has 1 aliphatic carbocycles. The highest BCUT2D eigenvalue weighted by molar-refractivity contribution is 7.98. The molecule has 3 nitrogen and oxygen atoms in total. The SMILES string of the molecule is CSCCCN1C(C(=O)O)CCC2CCCCC21. The van der Waals surface area contributed by atoms with E-state index in [9.17, 15) is 9.90 Å². The Bertz CT molecular complexity index is 285. The topological polar surface area (TPSA) is 40.5 Å². The maximum absolute atomic E-state index is 11.4. The molecule has 0 bridgehead atoms. The van der Waals surface area contributed by atoms with E-state index in [-0.39, 0.29) is 6.04 Å². The Morgan fingerprint density at radius 2 is 2.06 bits per heavy atom. The summed E-state index contributed by atoms with van der Waals surface area (Å²) in [5.74, 6) is 1.30. The average molecular weight is 271 g/mol. The fourth-order valence-electron chi connectivity index (χ4n) is 3.71. The number of hydrogen-bond donors (Lipinski definition) is 1. The number of carboxylic acid groups (broad SMARTS) is 1. The van der Waals surface area contributed by atoms with Crippen molar-refractivity contribution >= 4 is 17.7 Å². The molecule has 2 rings (SSSR count). The van der Waals surface area contributed by atoms with Crippen LogP contribution >= 0.6 is 11.8 Å². The highest BCUT2D eigenvalue weighted by Crippen LogP contribution is 2.37. The summed E-state index contributed by atoms with van der Waals surface area (Å²) in [6.07, 6.45) is 10.4. The van der Waals surface area contributed by atoms with E-state index in [1.807, 2.05) is 11.8 Å². The van der Waals surface area contributed by atoms with Crippen molar-refractivity contribution in [1.29, 1.82) is 0 Å². The normalized spacial score (nSPS) is 33.1. The Hall–Kier alpha value is -0.220. The zero-order valence-electron chi connectivity index (χ0n) is 11.3. The first kappa shape index (κ1) is 14.2. The summed E-state index contributed by atoms with van der Waals surface area (Å²) in [4.78, 5) is 13.8. The third-order valence-electron chi connectivity index (χ3n) is 4.56. The monoisotopic (exact) mass is 271 g/mol. The van der Waals surface area contributed by atoms with Gasteiger partial charge in [-0.3, -0.25) is 9.69 Å². The Kier molecular flexibility index (Phi) is 5.37. The van der Waals surface area contributed by atoms with Crippen molar-refractivity contribution in [2.45, 2.75) is 57.0 Å². The predicted octanol–water partition coefficient (Wildman–Crippen LogP) is 2.85. The molecular formula is C14H25NO2S. The highest BCUT2D eigenvalue weighted by Gasteiger charge is 2.40. The van der Waals surface area contributed by atoms with Crippen molar-refractivity contribution in [2.75, 3.05) is 18.6 Å². The van der Waals surface area contributed by atoms with Crippen LogP contribution in [0.1, 0.15) is 44.9 Å². The third kappa shape index (κ3) is 3.21. The highest BCUT2D eigenvalue weighted by atomic mass is 32.2. The van der Waals surface area contributed by atoms with Gasteiger partial charge in [0.1, 0.15) is 6.04 Å². The standard InChI is InChI=1S/C14H25NO2S/c1-18-10-4-9-15-12-6-3-2-5-11(12)7-8-13(15)14(16)17/h11-13H,2-10H2,1H3,(H,16,17). The van der Waals surface area contributed by atoms with Crippen LogP contribution in [-0.4, -0.2) is 46.6 Å². The number of likely N-dealkylation sites (tertiary alicyclic amines) is 1. The molecule has 18 heavy (non-hydrogen) atoms. The van der Waals surface area contributed by atoms with Crippen molar-refractivity contribution < 1.29 is 9.90 Å². The van der Waals surface area contributed by atoms with Gasteiger partial charge in [-0.15, -0.1) is 0 Å². The Morgan fingerprint density at radius 1 is 1.28 bits per heavy atom. The fourth-order valence-corrected chi connectivity index (χ4v) is 4.13. The van der Waals surface area contributed by atoms with Crippen LogP contribution in [0.4, 0.5) is 0 Å². The Morgan fingerprint density at radius 3 is 2.78 bits per heavy atom. The molecule has 0 radical (unpaired) electrons. The summed E-state index contributed by atoms with van der Waals surface area (Å²) in [6.45, 7) is 0.971. The summed E-state index contributed by atoms with van der Waals surface area (Å²) in [6, 6.07) is 0.335. The van der Waals surface area contributed by atoms with E-state index in [1.165, 1.54) is 25.7 Å². The summed E-state index contributed by atoms with van der Waals surface area (Å²) >= 11 is 1.86. The quantitative estimate of drug-likeness (QED) is 0.781. The van der Waals surface area contributed by atoms with E-state index >= 15 is 0 Å². The molecule has 1 N–H and O–H groups in total. The van der Waals surface area contributed by atoms with Gasteiger partial charge in [-0.1, -0.05) is 12.8 Å². The second-order valence-corrected chi connectivity index (χ2v) is 6.61. The molecule has 3 atom stereocenters. The van der Waals surface area contributed by atoms with E-state index in [0.29, 0.717) is 6.04 Å². The number of carbonyl (C=O) groups is 1.